The van der Waals surface area contributed by atoms with E-state index in [2.05, 4.69) is 4.98 Å². The predicted molar refractivity (Wildman–Crippen MR) is 118 cm³/mol. The Balaban J connectivity index is 1.74. The number of aryl methyl sites for hydroxylation is 2. The van der Waals surface area contributed by atoms with E-state index in [0.717, 1.165) is 14.4 Å². The van der Waals surface area contributed by atoms with Gasteiger partial charge < -0.3 is 4.57 Å². The van der Waals surface area contributed by atoms with Crippen molar-refractivity contribution in [1.82, 2.24) is 18.7 Å². The van der Waals surface area contributed by atoms with Crippen molar-refractivity contribution < 1.29 is 8.78 Å². The van der Waals surface area contributed by atoms with Crippen molar-refractivity contribution in [3.05, 3.63) is 81.0 Å². The average Bonchev–Trinajstić information content (AvgIpc) is 3.12. The van der Waals surface area contributed by atoms with Gasteiger partial charge in [0.1, 0.15) is 11.6 Å². The third-order valence-electron chi connectivity index (χ3n) is 4.73. The summed E-state index contributed by atoms with van der Waals surface area (Å²) in [6.07, 6.45) is 0. The van der Waals surface area contributed by atoms with E-state index in [-0.39, 0.29) is 11.6 Å². The van der Waals surface area contributed by atoms with Gasteiger partial charge in [-0.1, -0.05) is 11.8 Å². The Morgan fingerprint density at radius 1 is 0.871 bits per heavy atom. The average molecular weight is 461 g/mol. The van der Waals surface area contributed by atoms with Gasteiger partial charge in [-0.25, -0.2) is 18.6 Å². The van der Waals surface area contributed by atoms with Crippen molar-refractivity contribution in [2.75, 3.05) is 5.75 Å². The Morgan fingerprint density at radius 2 is 1.45 bits per heavy atom. The molecule has 0 fully saturated rings. The SMILES string of the molecule is Cn1c(=O)c2c(nc(Sc3ccc(F)cc3)n2CCSc2ccc(F)cc2)n(C)c1=O. The van der Waals surface area contributed by atoms with Crippen LogP contribution in [0.15, 0.2) is 73.1 Å². The van der Waals surface area contributed by atoms with Crippen LogP contribution in [-0.4, -0.2) is 24.4 Å². The normalized spacial score (nSPS) is 11.4. The second-order valence-corrected chi connectivity index (χ2v) is 8.99. The Hall–Kier alpha value is -2.85. The van der Waals surface area contributed by atoms with Gasteiger partial charge in [0, 0.05) is 36.2 Å². The molecule has 0 aliphatic carbocycles. The molecule has 0 saturated heterocycles. The second kappa shape index (κ2) is 8.72. The van der Waals surface area contributed by atoms with Crippen molar-refractivity contribution in [2.45, 2.75) is 21.5 Å². The molecule has 6 nitrogen and oxygen atoms in total. The first kappa shape index (κ1) is 21.4. The van der Waals surface area contributed by atoms with Crippen molar-refractivity contribution in [3.8, 4) is 0 Å². The quantitative estimate of drug-likeness (QED) is 0.411. The second-order valence-electron chi connectivity index (χ2n) is 6.78. The molecule has 2 aromatic carbocycles. The number of rotatable bonds is 6. The number of hydrogen-bond acceptors (Lipinski definition) is 5. The Morgan fingerprint density at radius 3 is 2.06 bits per heavy atom. The van der Waals surface area contributed by atoms with E-state index in [4.69, 9.17) is 0 Å². The molecular formula is C21H18F2N4O2S2. The van der Waals surface area contributed by atoms with Gasteiger partial charge in [-0.2, -0.15) is 0 Å². The fraction of sp³-hybridized carbons (Fsp3) is 0.190. The number of benzene rings is 2. The standard InChI is InChI=1S/C21H18F2N4O2S2/c1-25-18-17(19(28)26(2)21(25)29)27(11-12-30-15-7-3-13(22)4-8-15)20(24-18)31-16-9-5-14(23)6-10-16/h3-10H,11-12H2,1-2H3. The van der Waals surface area contributed by atoms with Crippen LogP contribution in [0.25, 0.3) is 11.2 Å². The summed E-state index contributed by atoms with van der Waals surface area (Å²) in [5.74, 6) is -0.0442. The highest BCUT2D eigenvalue weighted by Crippen LogP contribution is 2.30. The number of thioether (sulfide) groups is 1. The minimum atomic E-state index is -0.457. The molecule has 0 atom stereocenters. The maximum absolute atomic E-state index is 13.3. The van der Waals surface area contributed by atoms with Crippen LogP contribution in [0.2, 0.25) is 0 Å². The van der Waals surface area contributed by atoms with Crippen LogP contribution in [0.3, 0.4) is 0 Å². The van der Waals surface area contributed by atoms with Crippen LogP contribution in [-0.2, 0) is 20.6 Å². The van der Waals surface area contributed by atoms with Crippen molar-refractivity contribution in [3.63, 3.8) is 0 Å². The first-order valence-electron chi connectivity index (χ1n) is 9.33. The molecule has 2 aromatic heterocycles. The van der Waals surface area contributed by atoms with E-state index in [1.807, 2.05) is 0 Å². The zero-order valence-corrected chi connectivity index (χ0v) is 18.3. The van der Waals surface area contributed by atoms with Gasteiger partial charge in [-0.05, 0) is 48.5 Å². The third-order valence-corrected chi connectivity index (χ3v) is 6.73. The van der Waals surface area contributed by atoms with Crippen molar-refractivity contribution in [2.24, 2.45) is 14.1 Å². The number of fused-ring (bicyclic) bond motifs is 1. The highest BCUT2D eigenvalue weighted by Gasteiger charge is 2.19. The van der Waals surface area contributed by atoms with Gasteiger partial charge in [-0.3, -0.25) is 13.9 Å². The minimum Gasteiger partial charge on any atom is -0.312 e. The summed E-state index contributed by atoms with van der Waals surface area (Å²) in [6, 6.07) is 12.2. The molecule has 0 aliphatic rings. The number of nitrogens with zero attached hydrogens (tertiary/aromatic N) is 4. The lowest BCUT2D eigenvalue weighted by atomic mass is 10.4. The highest BCUT2D eigenvalue weighted by molar-refractivity contribution is 7.99. The fourth-order valence-corrected chi connectivity index (χ4v) is 4.85. The van der Waals surface area contributed by atoms with E-state index in [0.29, 0.717) is 28.6 Å². The Kier molecular flexibility index (Phi) is 6.01. The van der Waals surface area contributed by atoms with Crippen LogP contribution in [0.1, 0.15) is 0 Å². The monoisotopic (exact) mass is 460 g/mol. The van der Waals surface area contributed by atoms with Gasteiger partial charge in [-0.15, -0.1) is 11.8 Å². The molecule has 4 aromatic rings. The van der Waals surface area contributed by atoms with E-state index < -0.39 is 11.2 Å². The van der Waals surface area contributed by atoms with Gasteiger partial charge in [0.15, 0.2) is 16.3 Å². The van der Waals surface area contributed by atoms with Crippen molar-refractivity contribution >= 4 is 34.7 Å². The molecular weight excluding hydrogens is 442 g/mol. The lowest BCUT2D eigenvalue weighted by Crippen LogP contribution is -2.37. The molecule has 31 heavy (non-hydrogen) atoms. The topological polar surface area (TPSA) is 61.8 Å². The molecule has 0 bridgehead atoms. The molecule has 0 saturated carbocycles. The number of imidazole rings is 1. The minimum absolute atomic E-state index is 0.296. The summed E-state index contributed by atoms with van der Waals surface area (Å²) in [5.41, 5.74) is -0.261. The summed E-state index contributed by atoms with van der Waals surface area (Å²) in [5, 5.41) is 0.527. The molecule has 0 radical (unpaired) electrons. The molecule has 0 spiro atoms. The molecule has 10 heteroatoms. The summed E-state index contributed by atoms with van der Waals surface area (Å²) in [4.78, 5) is 31.4. The zero-order valence-electron chi connectivity index (χ0n) is 16.7. The van der Waals surface area contributed by atoms with E-state index in [1.165, 1.54) is 59.4 Å². The van der Waals surface area contributed by atoms with Crippen LogP contribution < -0.4 is 11.2 Å². The molecule has 4 rings (SSSR count). The van der Waals surface area contributed by atoms with Crippen LogP contribution in [0.5, 0.6) is 0 Å². The fourth-order valence-electron chi connectivity index (χ4n) is 3.11. The van der Waals surface area contributed by atoms with Gasteiger partial charge in [0.25, 0.3) is 5.56 Å². The molecule has 0 N–H and O–H groups in total. The maximum atomic E-state index is 13.3. The third kappa shape index (κ3) is 4.31. The van der Waals surface area contributed by atoms with Gasteiger partial charge in [0.2, 0.25) is 0 Å². The number of hydrogen-bond donors (Lipinski definition) is 0. The lowest BCUT2D eigenvalue weighted by molar-refractivity contribution is 0.626. The van der Waals surface area contributed by atoms with Crippen LogP contribution >= 0.6 is 23.5 Å². The van der Waals surface area contributed by atoms with Crippen LogP contribution in [0.4, 0.5) is 8.78 Å². The van der Waals surface area contributed by atoms with E-state index >= 15 is 0 Å². The zero-order chi connectivity index (χ0) is 22.1. The predicted octanol–water partition coefficient (Wildman–Crippen LogP) is 3.66. The van der Waals surface area contributed by atoms with Gasteiger partial charge >= 0.3 is 5.69 Å². The molecule has 0 amide bonds. The summed E-state index contributed by atoms with van der Waals surface area (Å²) < 4.78 is 30.6. The van der Waals surface area contributed by atoms with E-state index in [9.17, 15) is 18.4 Å². The number of aromatic nitrogens is 4. The van der Waals surface area contributed by atoms with Gasteiger partial charge in [0.05, 0.1) is 0 Å². The summed E-state index contributed by atoms with van der Waals surface area (Å²) in [7, 11) is 3.00. The van der Waals surface area contributed by atoms with E-state index in [1.54, 1.807) is 35.9 Å². The molecule has 0 aliphatic heterocycles. The number of halogens is 2. The summed E-state index contributed by atoms with van der Waals surface area (Å²) >= 11 is 2.81. The molecule has 0 unspecified atom stereocenters. The first-order valence-corrected chi connectivity index (χ1v) is 11.1. The Bertz CT molecular complexity index is 1360. The largest absolute Gasteiger partial charge is 0.332 e. The maximum Gasteiger partial charge on any atom is 0.332 e. The van der Waals surface area contributed by atoms with Crippen molar-refractivity contribution in [1.29, 1.82) is 0 Å². The molecule has 160 valence electrons. The molecule has 2 heterocycles. The lowest BCUT2D eigenvalue weighted by Gasteiger charge is -2.09. The smallest absolute Gasteiger partial charge is 0.312 e. The first-order chi connectivity index (χ1) is 14.8. The highest BCUT2D eigenvalue weighted by atomic mass is 32.2. The summed E-state index contributed by atoms with van der Waals surface area (Å²) in [6.45, 7) is 0.440. The Labute approximate surface area is 184 Å². The van der Waals surface area contributed by atoms with Crippen LogP contribution in [0, 0.1) is 11.6 Å².